The van der Waals surface area contributed by atoms with Gasteiger partial charge in [0, 0.05) is 19.3 Å². The Bertz CT molecular complexity index is 534. The van der Waals surface area contributed by atoms with Gasteiger partial charge in [-0.3, -0.25) is 4.68 Å². The third-order valence-corrected chi connectivity index (χ3v) is 2.41. The number of aryl methyl sites for hydroxylation is 1. The minimum Gasteiger partial charge on any atom is -0.489 e. The Balaban J connectivity index is 2.23. The highest BCUT2D eigenvalue weighted by Gasteiger charge is 2.08. The Labute approximate surface area is 107 Å². The van der Waals surface area contributed by atoms with Crippen LogP contribution in [0.4, 0.5) is 17.2 Å². The SMILES string of the molecule is CC(C)Oc1cccc(Nc2ccn(C)n2)c1N. The van der Waals surface area contributed by atoms with Gasteiger partial charge in [0.05, 0.1) is 17.5 Å². The Hall–Kier alpha value is -2.17. The van der Waals surface area contributed by atoms with Gasteiger partial charge < -0.3 is 15.8 Å². The van der Waals surface area contributed by atoms with E-state index in [1.165, 1.54) is 0 Å². The maximum atomic E-state index is 6.06. The molecular weight excluding hydrogens is 228 g/mol. The van der Waals surface area contributed by atoms with Gasteiger partial charge in [-0.2, -0.15) is 5.10 Å². The molecule has 1 aromatic carbocycles. The van der Waals surface area contributed by atoms with Gasteiger partial charge in [-0.25, -0.2) is 0 Å². The zero-order chi connectivity index (χ0) is 13.1. The number of nitrogens with one attached hydrogen (secondary N) is 1. The van der Waals surface area contributed by atoms with E-state index in [1.807, 2.05) is 51.4 Å². The van der Waals surface area contributed by atoms with Crippen molar-refractivity contribution >= 4 is 17.2 Å². The van der Waals surface area contributed by atoms with Crippen LogP contribution in [-0.2, 0) is 7.05 Å². The second-order valence-electron chi connectivity index (χ2n) is 4.38. The summed E-state index contributed by atoms with van der Waals surface area (Å²) in [5, 5.41) is 7.42. The van der Waals surface area contributed by atoms with Crippen LogP contribution in [0.5, 0.6) is 5.75 Å². The number of rotatable bonds is 4. The predicted octanol–water partition coefficient (Wildman–Crippen LogP) is 2.53. The number of benzene rings is 1. The molecule has 5 heteroatoms. The molecule has 1 heterocycles. The molecule has 0 aliphatic carbocycles. The largest absolute Gasteiger partial charge is 0.489 e. The molecule has 96 valence electrons. The highest BCUT2D eigenvalue weighted by molar-refractivity contribution is 5.76. The van der Waals surface area contributed by atoms with Crippen LogP contribution in [-0.4, -0.2) is 15.9 Å². The van der Waals surface area contributed by atoms with E-state index in [0.717, 1.165) is 11.5 Å². The molecule has 1 aromatic heterocycles. The summed E-state index contributed by atoms with van der Waals surface area (Å²) in [5.74, 6) is 1.44. The molecule has 0 spiro atoms. The summed E-state index contributed by atoms with van der Waals surface area (Å²) in [6.45, 7) is 3.94. The van der Waals surface area contributed by atoms with Gasteiger partial charge in [-0.05, 0) is 26.0 Å². The average molecular weight is 246 g/mol. The van der Waals surface area contributed by atoms with Crippen LogP contribution >= 0.6 is 0 Å². The normalized spacial score (nSPS) is 10.7. The highest BCUT2D eigenvalue weighted by atomic mass is 16.5. The summed E-state index contributed by atoms with van der Waals surface area (Å²) in [6.07, 6.45) is 1.96. The number of ether oxygens (including phenoxy) is 1. The predicted molar refractivity (Wildman–Crippen MR) is 73.1 cm³/mol. The molecule has 5 nitrogen and oxygen atoms in total. The first-order valence-corrected chi connectivity index (χ1v) is 5.88. The third kappa shape index (κ3) is 2.74. The summed E-state index contributed by atoms with van der Waals surface area (Å²) in [4.78, 5) is 0. The van der Waals surface area contributed by atoms with Crippen LogP contribution < -0.4 is 15.8 Å². The Morgan fingerprint density at radius 3 is 2.72 bits per heavy atom. The molecule has 0 fully saturated rings. The number of para-hydroxylation sites is 1. The van der Waals surface area contributed by atoms with Crippen molar-refractivity contribution in [1.82, 2.24) is 9.78 Å². The third-order valence-electron chi connectivity index (χ3n) is 2.41. The first-order valence-electron chi connectivity index (χ1n) is 5.88. The summed E-state index contributed by atoms with van der Waals surface area (Å²) in [6, 6.07) is 7.55. The van der Waals surface area contributed by atoms with Crippen molar-refractivity contribution in [2.24, 2.45) is 7.05 Å². The lowest BCUT2D eigenvalue weighted by molar-refractivity contribution is 0.244. The number of anilines is 3. The topological polar surface area (TPSA) is 65.1 Å². The van der Waals surface area contributed by atoms with E-state index in [9.17, 15) is 0 Å². The molecular formula is C13H18N4O. The zero-order valence-corrected chi connectivity index (χ0v) is 10.8. The molecule has 2 rings (SSSR count). The van der Waals surface area contributed by atoms with Crippen LogP contribution in [0, 0.1) is 0 Å². The van der Waals surface area contributed by atoms with E-state index in [2.05, 4.69) is 10.4 Å². The lowest BCUT2D eigenvalue weighted by Gasteiger charge is -2.14. The van der Waals surface area contributed by atoms with Crippen molar-refractivity contribution in [2.75, 3.05) is 11.1 Å². The Morgan fingerprint density at radius 1 is 1.33 bits per heavy atom. The van der Waals surface area contributed by atoms with Gasteiger partial charge in [-0.1, -0.05) is 6.07 Å². The summed E-state index contributed by atoms with van der Waals surface area (Å²) < 4.78 is 7.37. The number of hydrogen-bond acceptors (Lipinski definition) is 4. The number of aromatic nitrogens is 2. The van der Waals surface area contributed by atoms with E-state index >= 15 is 0 Å². The van der Waals surface area contributed by atoms with Crippen molar-refractivity contribution in [3.8, 4) is 5.75 Å². The Kier molecular flexibility index (Phi) is 3.41. The van der Waals surface area contributed by atoms with E-state index in [4.69, 9.17) is 10.5 Å². The lowest BCUT2D eigenvalue weighted by Crippen LogP contribution is -2.08. The second-order valence-corrected chi connectivity index (χ2v) is 4.38. The zero-order valence-electron chi connectivity index (χ0n) is 10.8. The summed E-state index contributed by atoms with van der Waals surface area (Å²) in [5.41, 5.74) is 7.46. The molecule has 0 radical (unpaired) electrons. The number of nitrogen functional groups attached to an aromatic ring is 1. The summed E-state index contributed by atoms with van der Waals surface area (Å²) >= 11 is 0. The van der Waals surface area contributed by atoms with Crippen LogP contribution in [0.3, 0.4) is 0 Å². The van der Waals surface area contributed by atoms with E-state index in [1.54, 1.807) is 4.68 Å². The first kappa shape index (κ1) is 12.3. The van der Waals surface area contributed by atoms with Crippen molar-refractivity contribution in [3.05, 3.63) is 30.5 Å². The Morgan fingerprint density at radius 2 is 2.11 bits per heavy atom. The van der Waals surface area contributed by atoms with Crippen molar-refractivity contribution in [1.29, 1.82) is 0 Å². The van der Waals surface area contributed by atoms with Gasteiger partial charge in [0.1, 0.15) is 5.75 Å². The van der Waals surface area contributed by atoms with Crippen LogP contribution in [0.15, 0.2) is 30.5 Å². The van der Waals surface area contributed by atoms with Crippen LogP contribution in [0.25, 0.3) is 0 Å². The molecule has 0 saturated carbocycles. The molecule has 0 unspecified atom stereocenters. The van der Waals surface area contributed by atoms with Crippen molar-refractivity contribution in [2.45, 2.75) is 20.0 Å². The fourth-order valence-electron chi connectivity index (χ4n) is 1.63. The van der Waals surface area contributed by atoms with Crippen LogP contribution in [0.1, 0.15) is 13.8 Å². The lowest BCUT2D eigenvalue weighted by atomic mass is 10.2. The van der Waals surface area contributed by atoms with E-state index < -0.39 is 0 Å². The van der Waals surface area contributed by atoms with Gasteiger partial charge >= 0.3 is 0 Å². The smallest absolute Gasteiger partial charge is 0.152 e. The second kappa shape index (κ2) is 5.00. The van der Waals surface area contributed by atoms with Crippen molar-refractivity contribution < 1.29 is 4.74 Å². The molecule has 18 heavy (non-hydrogen) atoms. The number of nitrogens with two attached hydrogens (primary N) is 1. The molecule has 2 aromatic rings. The van der Waals surface area contributed by atoms with E-state index in [0.29, 0.717) is 11.4 Å². The van der Waals surface area contributed by atoms with Crippen molar-refractivity contribution in [3.63, 3.8) is 0 Å². The van der Waals surface area contributed by atoms with Gasteiger partial charge in [-0.15, -0.1) is 0 Å². The standard InChI is InChI=1S/C13H18N4O/c1-9(2)18-11-6-4-5-10(13(11)14)15-12-7-8-17(3)16-12/h4-9H,14H2,1-3H3,(H,15,16). The van der Waals surface area contributed by atoms with Gasteiger partial charge in [0.25, 0.3) is 0 Å². The highest BCUT2D eigenvalue weighted by Crippen LogP contribution is 2.31. The fraction of sp³-hybridized carbons (Fsp3) is 0.308. The molecule has 0 aliphatic heterocycles. The van der Waals surface area contributed by atoms with E-state index in [-0.39, 0.29) is 6.10 Å². The summed E-state index contributed by atoms with van der Waals surface area (Å²) in [7, 11) is 1.87. The van der Waals surface area contributed by atoms with Crippen LogP contribution in [0.2, 0.25) is 0 Å². The monoisotopic (exact) mass is 246 g/mol. The maximum Gasteiger partial charge on any atom is 0.152 e. The molecule has 0 saturated heterocycles. The first-order chi connectivity index (χ1) is 8.56. The quantitative estimate of drug-likeness (QED) is 0.814. The molecule has 0 aliphatic rings. The maximum absolute atomic E-state index is 6.06. The van der Waals surface area contributed by atoms with Gasteiger partial charge in [0.15, 0.2) is 5.82 Å². The molecule has 3 N–H and O–H groups in total. The molecule has 0 atom stereocenters. The minimum atomic E-state index is 0.0948. The minimum absolute atomic E-state index is 0.0948. The number of nitrogens with zero attached hydrogens (tertiary/aromatic N) is 2. The molecule has 0 amide bonds. The van der Waals surface area contributed by atoms with Gasteiger partial charge in [0.2, 0.25) is 0 Å². The molecule has 0 bridgehead atoms. The number of hydrogen-bond donors (Lipinski definition) is 2. The fourth-order valence-corrected chi connectivity index (χ4v) is 1.63. The average Bonchev–Trinajstić information content (AvgIpc) is 2.69.